The molecule has 7 heteroatoms. The number of hydrogen-bond acceptors (Lipinski definition) is 5. The van der Waals surface area contributed by atoms with E-state index in [2.05, 4.69) is 52.2 Å². The van der Waals surface area contributed by atoms with Crippen molar-refractivity contribution in [3.63, 3.8) is 0 Å². The minimum absolute atomic E-state index is 0.261. The van der Waals surface area contributed by atoms with Crippen LogP contribution >= 0.6 is 0 Å². The molecule has 0 saturated carbocycles. The molecule has 3 rings (SSSR count). The van der Waals surface area contributed by atoms with Gasteiger partial charge in [0.05, 0.1) is 12.7 Å². The number of rotatable bonds is 7. The summed E-state index contributed by atoms with van der Waals surface area (Å²) in [5.74, 6) is 0.748. The highest BCUT2D eigenvalue weighted by Gasteiger charge is 2.30. The summed E-state index contributed by atoms with van der Waals surface area (Å²) in [6.45, 7) is 22.0. The lowest BCUT2D eigenvalue weighted by Crippen LogP contribution is -2.55. The lowest BCUT2D eigenvalue weighted by atomic mass is 9.96. The van der Waals surface area contributed by atoms with Gasteiger partial charge < -0.3 is 19.4 Å². The SMILES string of the molecule is CC(C)OCCN1CCN(C(=O)N2CCC(CN3CCN(C(C)C)CC3)CC2)CC1. The Morgan fingerprint density at radius 1 is 0.800 bits per heavy atom. The van der Waals surface area contributed by atoms with Gasteiger partial charge in [-0.25, -0.2) is 4.79 Å². The summed E-state index contributed by atoms with van der Waals surface area (Å²) in [5.41, 5.74) is 0. The van der Waals surface area contributed by atoms with Crippen molar-refractivity contribution in [2.45, 2.75) is 52.7 Å². The number of amides is 2. The van der Waals surface area contributed by atoms with Crippen LogP contribution < -0.4 is 0 Å². The Balaban J connectivity index is 1.31. The molecule has 0 bridgehead atoms. The standard InChI is InChI=1S/C23H45N5O2/c1-20(2)26-13-11-25(12-14-26)19-22-5-7-27(8-6-22)23(29)28-15-9-24(10-16-28)17-18-30-21(3)4/h20-22H,5-19H2,1-4H3. The van der Waals surface area contributed by atoms with Crippen LogP contribution in [0.25, 0.3) is 0 Å². The highest BCUT2D eigenvalue weighted by Crippen LogP contribution is 2.21. The number of urea groups is 1. The van der Waals surface area contributed by atoms with Crippen molar-refractivity contribution in [2.75, 3.05) is 85.1 Å². The fourth-order valence-electron chi connectivity index (χ4n) is 4.91. The normalized spacial score (nSPS) is 23.7. The summed E-state index contributed by atoms with van der Waals surface area (Å²) in [4.78, 5) is 24.7. The Bertz CT molecular complexity index is 506. The fraction of sp³-hybridized carbons (Fsp3) is 0.957. The van der Waals surface area contributed by atoms with E-state index < -0.39 is 0 Å². The van der Waals surface area contributed by atoms with Crippen LogP contribution in [0.1, 0.15) is 40.5 Å². The molecule has 3 aliphatic heterocycles. The van der Waals surface area contributed by atoms with Gasteiger partial charge in [-0.1, -0.05) is 0 Å². The van der Waals surface area contributed by atoms with Gasteiger partial charge in [0.2, 0.25) is 0 Å². The van der Waals surface area contributed by atoms with E-state index in [0.29, 0.717) is 12.1 Å². The monoisotopic (exact) mass is 423 g/mol. The van der Waals surface area contributed by atoms with Crippen LogP contribution in [0.2, 0.25) is 0 Å². The second kappa shape index (κ2) is 11.7. The van der Waals surface area contributed by atoms with Crippen LogP contribution in [-0.4, -0.2) is 128 Å². The zero-order valence-electron chi connectivity index (χ0n) is 19.9. The van der Waals surface area contributed by atoms with E-state index in [-0.39, 0.29) is 6.03 Å². The minimum atomic E-state index is 0.261. The number of piperazine rings is 2. The molecule has 0 N–H and O–H groups in total. The third kappa shape index (κ3) is 7.08. The van der Waals surface area contributed by atoms with Crippen molar-refractivity contribution >= 4 is 6.03 Å². The molecule has 0 aliphatic carbocycles. The first kappa shape index (κ1) is 23.8. The average Bonchev–Trinajstić information content (AvgIpc) is 2.74. The van der Waals surface area contributed by atoms with Gasteiger partial charge >= 0.3 is 6.03 Å². The van der Waals surface area contributed by atoms with Crippen molar-refractivity contribution < 1.29 is 9.53 Å². The molecule has 30 heavy (non-hydrogen) atoms. The zero-order chi connectivity index (χ0) is 21.5. The van der Waals surface area contributed by atoms with Gasteiger partial charge in [-0.3, -0.25) is 9.80 Å². The van der Waals surface area contributed by atoms with Crippen molar-refractivity contribution in [1.29, 1.82) is 0 Å². The second-order valence-electron chi connectivity index (χ2n) is 9.89. The molecular weight excluding hydrogens is 378 g/mol. The van der Waals surface area contributed by atoms with E-state index in [1.165, 1.54) is 32.7 Å². The molecule has 0 spiro atoms. The largest absolute Gasteiger partial charge is 0.377 e. The molecule has 2 amide bonds. The molecule has 174 valence electrons. The van der Waals surface area contributed by atoms with Gasteiger partial charge in [0.15, 0.2) is 0 Å². The number of carbonyl (C=O) groups excluding carboxylic acids is 1. The number of piperidine rings is 1. The van der Waals surface area contributed by atoms with Gasteiger partial charge in [-0.15, -0.1) is 0 Å². The van der Waals surface area contributed by atoms with Crippen LogP contribution in [-0.2, 0) is 4.74 Å². The molecular formula is C23H45N5O2. The summed E-state index contributed by atoms with van der Waals surface area (Å²) in [5, 5.41) is 0. The van der Waals surface area contributed by atoms with Crippen molar-refractivity contribution in [3.05, 3.63) is 0 Å². The highest BCUT2D eigenvalue weighted by molar-refractivity contribution is 5.74. The Kier molecular flexibility index (Phi) is 9.23. The predicted molar refractivity (Wildman–Crippen MR) is 122 cm³/mol. The Hall–Kier alpha value is -0.890. The maximum Gasteiger partial charge on any atom is 0.320 e. The van der Waals surface area contributed by atoms with Crippen molar-refractivity contribution in [3.8, 4) is 0 Å². The summed E-state index contributed by atoms with van der Waals surface area (Å²) >= 11 is 0. The summed E-state index contributed by atoms with van der Waals surface area (Å²) in [6.07, 6.45) is 2.60. The molecule has 3 fully saturated rings. The molecule has 3 saturated heterocycles. The van der Waals surface area contributed by atoms with E-state index in [1.54, 1.807) is 0 Å². The Morgan fingerprint density at radius 2 is 1.37 bits per heavy atom. The Labute approximate surface area is 184 Å². The van der Waals surface area contributed by atoms with Gasteiger partial charge in [-0.2, -0.15) is 0 Å². The van der Waals surface area contributed by atoms with Crippen LogP contribution in [0.5, 0.6) is 0 Å². The third-order valence-electron chi connectivity index (χ3n) is 7.04. The molecule has 0 atom stereocenters. The van der Waals surface area contributed by atoms with E-state index >= 15 is 0 Å². The smallest absolute Gasteiger partial charge is 0.320 e. The minimum Gasteiger partial charge on any atom is -0.377 e. The second-order valence-corrected chi connectivity index (χ2v) is 9.89. The molecule has 0 aromatic heterocycles. The lowest BCUT2D eigenvalue weighted by Gasteiger charge is -2.42. The van der Waals surface area contributed by atoms with Crippen molar-refractivity contribution in [1.82, 2.24) is 24.5 Å². The number of carbonyl (C=O) groups is 1. The number of hydrogen-bond donors (Lipinski definition) is 0. The lowest BCUT2D eigenvalue weighted by molar-refractivity contribution is 0.0444. The van der Waals surface area contributed by atoms with Crippen LogP contribution in [0.3, 0.4) is 0 Å². The first-order chi connectivity index (χ1) is 14.4. The zero-order valence-corrected chi connectivity index (χ0v) is 19.9. The van der Waals surface area contributed by atoms with Crippen molar-refractivity contribution in [2.24, 2.45) is 5.92 Å². The summed E-state index contributed by atoms with van der Waals surface area (Å²) < 4.78 is 5.66. The molecule has 3 heterocycles. The van der Waals surface area contributed by atoms with E-state index in [4.69, 9.17) is 4.74 Å². The average molecular weight is 424 g/mol. The molecule has 7 nitrogen and oxygen atoms in total. The molecule has 0 unspecified atom stereocenters. The molecule has 3 aliphatic rings. The Morgan fingerprint density at radius 3 is 1.93 bits per heavy atom. The first-order valence-electron chi connectivity index (χ1n) is 12.3. The van der Waals surface area contributed by atoms with Gasteiger partial charge in [-0.05, 0) is 46.5 Å². The molecule has 0 aromatic rings. The third-order valence-corrected chi connectivity index (χ3v) is 7.04. The number of nitrogens with zero attached hydrogens (tertiary/aromatic N) is 5. The summed E-state index contributed by atoms with van der Waals surface area (Å²) in [7, 11) is 0. The quantitative estimate of drug-likeness (QED) is 0.626. The van der Waals surface area contributed by atoms with E-state index in [9.17, 15) is 4.79 Å². The van der Waals surface area contributed by atoms with Crippen LogP contribution in [0, 0.1) is 5.92 Å². The molecule has 0 aromatic carbocycles. The van der Waals surface area contributed by atoms with Crippen LogP contribution in [0.4, 0.5) is 4.79 Å². The number of ether oxygens (including phenoxy) is 1. The fourth-order valence-corrected chi connectivity index (χ4v) is 4.91. The maximum atomic E-state index is 13.0. The maximum absolute atomic E-state index is 13.0. The van der Waals surface area contributed by atoms with E-state index in [1.807, 2.05) is 0 Å². The molecule has 0 radical (unpaired) electrons. The summed E-state index contributed by atoms with van der Waals surface area (Å²) in [6, 6.07) is 0.925. The van der Waals surface area contributed by atoms with Gasteiger partial charge in [0, 0.05) is 84.6 Å². The van der Waals surface area contributed by atoms with Gasteiger partial charge in [0.25, 0.3) is 0 Å². The number of likely N-dealkylation sites (tertiary alicyclic amines) is 1. The van der Waals surface area contributed by atoms with Crippen LogP contribution in [0.15, 0.2) is 0 Å². The highest BCUT2D eigenvalue weighted by atomic mass is 16.5. The van der Waals surface area contributed by atoms with Gasteiger partial charge in [0.1, 0.15) is 0 Å². The topological polar surface area (TPSA) is 42.5 Å². The first-order valence-corrected chi connectivity index (χ1v) is 12.3. The van der Waals surface area contributed by atoms with E-state index in [0.717, 1.165) is 71.2 Å². The predicted octanol–water partition coefficient (Wildman–Crippen LogP) is 1.89.